The second kappa shape index (κ2) is 11.4. The van der Waals surface area contributed by atoms with Crippen molar-refractivity contribution >= 4 is 23.5 Å². The van der Waals surface area contributed by atoms with E-state index in [4.69, 9.17) is 4.74 Å². The Kier molecular flexibility index (Phi) is 9.91. The Morgan fingerprint density at radius 2 is 1.88 bits per heavy atom. The molecule has 0 fully saturated rings. The van der Waals surface area contributed by atoms with Gasteiger partial charge in [-0.15, -0.1) is 11.8 Å². The number of rotatable bonds is 12. The maximum atomic E-state index is 12.8. The number of nitrogens with one attached hydrogen (secondary N) is 2. The number of thioether (sulfide) groups is 1. The standard InChI is InChI=1S/C20H32N2O3S/c1-6-7-13-26-18(17(23)20(3,4)21-5)22-15(2)19(24)25-14-16-11-9-8-10-12-16/h8-12,15,18,21-22H,6-7,13-14H2,1-5H3/t15-,18?/m1/s1. The predicted octanol–water partition coefficient (Wildman–Crippen LogP) is 3.13. The molecule has 1 aromatic carbocycles. The lowest BCUT2D eigenvalue weighted by atomic mass is 9.99. The van der Waals surface area contributed by atoms with Crippen molar-refractivity contribution in [2.24, 2.45) is 0 Å². The van der Waals surface area contributed by atoms with E-state index in [9.17, 15) is 9.59 Å². The van der Waals surface area contributed by atoms with Crippen LogP contribution in [0.4, 0.5) is 0 Å². The lowest BCUT2D eigenvalue weighted by Crippen LogP contribution is -2.55. The van der Waals surface area contributed by atoms with E-state index in [1.165, 1.54) is 0 Å². The van der Waals surface area contributed by atoms with Gasteiger partial charge >= 0.3 is 5.97 Å². The van der Waals surface area contributed by atoms with Gasteiger partial charge in [-0.1, -0.05) is 43.7 Å². The number of ether oxygens (including phenoxy) is 1. The zero-order chi connectivity index (χ0) is 19.6. The molecule has 0 radical (unpaired) electrons. The number of likely N-dealkylation sites (N-methyl/N-ethyl adjacent to an activating group) is 1. The van der Waals surface area contributed by atoms with E-state index in [0.29, 0.717) is 0 Å². The van der Waals surface area contributed by atoms with E-state index in [-0.39, 0.29) is 18.4 Å². The van der Waals surface area contributed by atoms with Crippen LogP contribution in [0.1, 0.15) is 46.1 Å². The minimum absolute atomic E-state index is 0.0313. The minimum Gasteiger partial charge on any atom is -0.460 e. The fraction of sp³-hybridized carbons (Fsp3) is 0.600. The molecule has 2 atom stereocenters. The minimum atomic E-state index is -0.662. The van der Waals surface area contributed by atoms with Crippen LogP contribution in [0.5, 0.6) is 0 Å². The molecule has 2 N–H and O–H groups in total. The monoisotopic (exact) mass is 380 g/mol. The van der Waals surface area contributed by atoms with Gasteiger partial charge in [0.1, 0.15) is 18.0 Å². The van der Waals surface area contributed by atoms with E-state index in [1.807, 2.05) is 44.2 Å². The van der Waals surface area contributed by atoms with Gasteiger partial charge in [-0.25, -0.2) is 0 Å². The van der Waals surface area contributed by atoms with Gasteiger partial charge in [0, 0.05) is 0 Å². The molecular weight excluding hydrogens is 348 g/mol. The highest BCUT2D eigenvalue weighted by Crippen LogP contribution is 2.19. The highest BCUT2D eigenvalue weighted by molar-refractivity contribution is 8.00. The summed E-state index contributed by atoms with van der Waals surface area (Å²) < 4.78 is 5.37. The van der Waals surface area contributed by atoms with Gasteiger partial charge in [-0.05, 0) is 45.6 Å². The topological polar surface area (TPSA) is 67.4 Å². The molecule has 1 unspecified atom stereocenters. The fourth-order valence-electron chi connectivity index (χ4n) is 2.14. The third kappa shape index (κ3) is 7.48. The molecule has 0 saturated carbocycles. The van der Waals surface area contributed by atoms with Gasteiger partial charge in [-0.2, -0.15) is 0 Å². The summed E-state index contributed by atoms with van der Waals surface area (Å²) in [6.45, 7) is 7.78. The van der Waals surface area contributed by atoms with Crippen molar-refractivity contribution in [3.05, 3.63) is 35.9 Å². The quantitative estimate of drug-likeness (QED) is 0.330. The number of hydrogen-bond donors (Lipinski definition) is 2. The molecule has 0 aromatic heterocycles. The van der Waals surface area contributed by atoms with Crippen molar-refractivity contribution < 1.29 is 14.3 Å². The van der Waals surface area contributed by atoms with E-state index in [0.717, 1.165) is 24.2 Å². The Morgan fingerprint density at radius 1 is 1.23 bits per heavy atom. The molecule has 1 rings (SSSR count). The maximum Gasteiger partial charge on any atom is 0.323 e. The van der Waals surface area contributed by atoms with Crippen LogP contribution in [0.3, 0.4) is 0 Å². The van der Waals surface area contributed by atoms with Gasteiger partial charge in [0.05, 0.1) is 5.54 Å². The van der Waals surface area contributed by atoms with Gasteiger partial charge < -0.3 is 10.1 Å². The fourth-order valence-corrected chi connectivity index (χ4v) is 3.58. The summed E-state index contributed by atoms with van der Waals surface area (Å²) in [4.78, 5) is 25.1. The van der Waals surface area contributed by atoms with Crippen LogP contribution < -0.4 is 10.6 Å². The molecule has 0 heterocycles. The molecule has 0 aliphatic heterocycles. The van der Waals surface area contributed by atoms with Crippen LogP contribution in [0.25, 0.3) is 0 Å². The van der Waals surface area contributed by atoms with Crippen LogP contribution in [0.15, 0.2) is 30.3 Å². The Morgan fingerprint density at radius 3 is 2.46 bits per heavy atom. The number of benzene rings is 1. The average Bonchev–Trinajstić information content (AvgIpc) is 2.65. The number of ketones is 1. The first-order chi connectivity index (χ1) is 12.3. The highest BCUT2D eigenvalue weighted by atomic mass is 32.2. The number of esters is 1. The van der Waals surface area contributed by atoms with E-state index in [2.05, 4.69) is 17.6 Å². The van der Waals surface area contributed by atoms with Gasteiger partial charge in [-0.3, -0.25) is 14.9 Å². The molecule has 0 saturated heterocycles. The number of carbonyl (C=O) groups is 2. The molecular formula is C20H32N2O3S. The van der Waals surface area contributed by atoms with E-state index < -0.39 is 17.0 Å². The zero-order valence-electron chi connectivity index (χ0n) is 16.5. The first-order valence-corrected chi connectivity index (χ1v) is 10.2. The molecule has 0 aliphatic carbocycles. The number of Topliss-reactive ketones (excluding diaryl/α,β-unsaturated/α-hetero) is 1. The normalized spacial score (nSPS) is 13.9. The summed E-state index contributed by atoms with van der Waals surface area (Å²) in [5.41, 5.74) is 0.277. The second-order valence-corrected chi connectivity index (χ2v) is 8.04. The van der Waals surface area contributed by atoms with Crippen molar-refractivity contribution in [1.29, 1.82) is 0 Å². The molecule has 6 heteroatoms. The lowest BCUT2D eigenvalue weighted by molar-refractivity contribution is -0.147. The van der Waals surface area contributed by atoms with E-state index >= 15 is 0 Å². The third-order valence-electron chi connectivity index (χ3n) is 4.24. The highest BCUT2D eigenvalue weighted by Gasteiger charge is 2.34. The van der Waals surface area contributed by atoms with Crippen LogP contribution in [0.2, 0.25) is 0 Å². The van der Waals surface area contributed by atoms with Crippen LogP contribution in [0, 0.1) is 0 Å². The molecule has 0 spiro atoms. The summed E-state index contributed by atoms with van der Waals surface area (Å²) in [5, 5.41) is 5.74. The van der Waals surface area contributed by atoms with Crippen molar-refractivity contribution in [1.82, 2.24) is 10.6 Å². The Balaban J connectivity index is 2.65. The summed E-state index contributed by atoms with van der Waals surface area (Å²) in [5.74, 6) is 0.541. The van der Waals surface area contributed by atoms with Gasteiger partial charge in [0.15, 0.2) is 5.78 Å². The Labute approximate surface area is 161 Å². The van der Waals surface area contributed by atoms with Crippen LogP contribution in [-0.2, 0) is 20.9 Å². The summed E-state index contributed by atoms with van der Waals surface area (Å²) >= 11 is 1.55. The predicted molar refractivity (Wildman–Crippen MR) is 108 cm³/mol. The molecule has 26 heavy (non-hydrogen) atoms. The van der Waals surface area contributed by atoms with Crippen LogP contribution in [-0.4, -0.2) is 41.5 Å². The lowest BCUT2D eigenvalue weighted by Gasteiger charge is -2.29. The summed E-state index contributed by atoms with van der Waals surface area (Å²) in [7, 11) is 1.77. The smallest absolute Gasteiger partial charge is 0.323 e. The number of unbranched alkanes of at least 4 members (excludes halogenated alkanes) is 1. The molecule has 0 amide bonds. The number of carbonyl (C=O) groups excluding carboxylic acids is 2. The zero-order valence-corrected chi connectivity index (χ0v) is 17.3. The molecule has 1 aromatic rings. The molecule has 0 bridgehead atoms. The Bertz CT molecular complexity index is 563. The number of hydrogen-bond acceptors (Lipinski definition) is 6. The third-order valence-corrected chi connectivity index (χ3v) is 5.45. The van der Waals surface area contributed by atoms with Gasteiger partial charge in [0.25, 0.3) is 0 Å². The summed E-state index contributed by atoms with van der Waals surface area (Å²) in [6.07, 6.45) is 2.10. The van der Waals surface area contributed by atoms with E-state index in [1.54, 1.807) is 25.7 Å². The van der Waals surface area contributed by atoms with Crippen LogP contribution >= 0.6 is 11.8 Å². The maximum absolute atomic E-state index is 12.8. The first kappa shape index (κ1) is 22.7. The van der Waals surface area contributed by atoms with Crippen molar-refractivity contribution in [2.75, 3.05) is 12.8 Å². The summed E-state index contributed by atoms with van der Waals surface area (Å²) in [6, 6.07) is 8.99. The largest absolute Gasteiger partial charge is 0.460 e. The molecule has 0 aliphatic rings. The first-order valence-electron chi connectivity index (χ1n) is 9.13. The average molecular weight is 381 g/mol. The SMILES string of the molecule is CCCCSC(N[C@H](C)C(=O)OCc1ccccc1)C(=O)C(C)(C)NC. The van der Waals surface area contributed by atoms with Crippen molar-refractivity contribution in [2.45, 2.75) is 64.1 Å². The van der Waals surface area contributed by atoms with Gasteiger partial charge in [0.2, 0.25) is 0 Å². The van der Waals surface area contributed by atoms with Crippen molar-refractivity contribution in [3.63, 3.8) is 0 Å². The molecule has 5 nitrogen and oxygen atoms in total. The second-order valence-electron chi connectivity index (χ2n) is 6.83. The molecule has 146 valence electrons. The van der Waals surface area contributed by atoms with Crippen molar-refractivity contribution in [3.8, 4) is 0 Å². The Hall–Kier alpha value is -1.37.